The highest BCUT2D eigenvalue weighted by Crippen LogP contribution is 2.51. The molecular formula is C66H44N2. The van der Waals surface area contributed by atoms with Gasteiger partial charge < -0.3 is 9.47 Å². The lowest BCUT2D eigenvalue weighted by molar-refractivity contribution is 1.18. The van der Waals surface area contributed by atoms with Gasteiger partial charge in [0.2, 0.25) is 0 Å². The van der Waals surface area contributed by atoms with Gasteiger partial charge in [-0.15, -0.1) is 0 Å². The van der Waals surface area contributed by atoms with Crippen LogP contribution in [0.4, 0.5) is 17.1 Å². The minimum atomic E-state index is 1.07. The smallest absolute Gasteiger partial charge is 0.0541 e. The molecule has 1 aliphatic rings. The first-order valence-corrected chi connectivity index (χ1v) is 23.4. The van der Waals surface area contributed by atoms with Gasteiger partial charge in [-0.25, -0.2) is 0 Å². The summed E-state index contributed by atoms with van der Waals surface area (Å²) in [6, 6.07) is 97.7. The highest BCUT2D eigenvalue weighted by Gasteiger charge is 2.25. The van der Waals surface area contributed by atoms with Crippen LogP contribution in [-0.2, 0) is 0 Å². The van der Waals surface area contributed by atoms with Gasteiger partial charge in [0, 0.05) is 33.4 Å². The van der Waals surface area contributed by atoms with Gasteiger partial charge in [-0.3, -0.25) is 0 Å². The Morgan fingerprint density at radius 2 is 0.676 bits per heavy atom. The van der Waals surface area contributed by atoms with Crippen LogP contribution in [0.2, 0.25) is 0 Å². The van der Waals surface area contributed by atoms with E-state index in [-0.39, 0.29) is 0 Å². The highest BCUT2D eigenvalue weighted by atomic mass is 15.1. The van der Waals surface area contributed by atoms with E-state index in [4.69, 9.17) is 0 Å². The minimum Gasteiger partial charge on any atom is -0.310 e. The Morgan fingerprint density at radius 1 is 0.235 bits per heavy atom. The first kappa shape index (κ1) is 39.4. The van der Waals surface area contributed by atoms with Crippen molar-refractivity contribution in [3.8, 4) is 83.6 Å². The topological polar surface area (TPSA) is 8.17 Å². The van der Waals surface area contributed by atoms with Crippen LogP contribution >= 0.6 is 0 Å². The van der Waals surface area contributed by atoms with Gasteiger partial charge in [0.25, 0.3) is 0 Å². The lowest BCUT2D eigenvalue weighted by atomic mass is 9.81. The van der Waals surface area contributed by atoms with Crippen molar-refractivity contribution in [3.63, 3.8) is 0 Å². The molecule has 0 spiro atoms. The van der Waals surface area contributed by atoms with Crippen molar-refractivity contribution in [2.45, 2.75) is 0 Å². The predicted octanol–water partition coefficient (Wildman–Crippen LogP) is 18.2. The normalized spacial score (nSPS) is 11.5. The van der Waals surface area contributed by atoms with Gasteiger partial charge in [-0.1, -0.05) is 200 Å². The fraction of sp³-hybridized carbons (Fsp3) is 0. The molecule has 318 valence electrons. The van der Waals surface area contributed by atoms with E-state index in [1.807, 2.05) is 0 Å². The van der Waals surface area contributed by atoms with E-state index in [1.165, 1.54) is 83.0 Å². The molecule has 1 heterocycles. The summed E-state index contributed by atoms with van der Waals surface area (Å²) in [7, 11) is 0. The fourth-order valence-corrected chi connectivity index (χ4v) is 10.6. The summed E-state index contributed by atoms with van der Waals surface area (Å²) in [5.74, 6) is 0. The number of nitrogens with zero attached hydrogens (tertiary/aromatic N) is 2. The number of aromatic nitrogens is 1. The third-order valence-corrected chi connectivity index (χ3v) is 13.8. The van der Waals surface area contributed by atoms with E-state index < -0.39 is 0 Å². The standard InChI is InChI=1S/C66H44N2/c1-4-18-45(19-5-1)48-34-40-65(61(42-48)47-20-6-2-7-21-47)67(52-38-39-59-57-28-13-12-26-55(57)53-24-10-11-25-54(53)56-27-14-15-29-58(56)62(59)44-52)51-36-32-46(33-37-51)49-35-41-66-63(43-49)60-30-16-17-31-64(60)68(66)50-22-8-3-9-23-50/h1-44H. The van der Waals surface area contributed by atoms with E-state index in [0.29, 0.717) is 0 Å². The molecule has 0 fully saturated rings. The Kier molecular flexibility index (Phi) is 9.54. The van der Waals surface area contributed by atoms with Gasteiger partial charge in [0.05, 0.1) is 16.7 Å². The fourth-order valence-electron chi connectivity index (χ4n) is 10.6. The van der Waals surface area contributed by atoms with Crippen molar-refractivity contribution in [1.82, 2.24) is 4.57 Å². The van der Waals surface area contributed by atoms with Crippen LogP contribution in [0.25, 0.3) is 105 Å². The van der Waals surface area contributed by atoms with E-state index in [9.17, 15) is 0 Å². The maximum atomic E-state index is 2.46. The molecule has 0 atom stereocenters. The number of para-hydroxylation sites is 2. The third-order valence-electron chi connectivity index (χ3n) is 13.8. The summed E-state index contributed by atoms with van der Waals surface area (Å²) in [5.41, 5.74) is 23.7. The molecule has 13 rings (SSSR count). The SMILES string of the molecule is c1ccc(-c2ccc(N(c3ccc(-c4ccc5c(c4)c4ccccc4n5-c4ccccc4)cc3)c3ccc4c(c3)-c3ccccc3-c3ccccc3-c3ccccc3-4)c(-c3ccccc3)c2)cc1. The number of benzene rings is 11. The van der Waals surface area contributed by atoms with Crippen molar-refractivity contribution in [2.24, 2.45) is 0 Å². The molecule has 0 bridgehead atoms. The van der Waals surface area contributed by atoms with Crippen molar-refractivity contribution in [1.29, 1.82) is 0 Å². The molecule has 0 N–H and O–H groups in total. The summed E-state index contributed by atoms with van der Waals surface area (Å²) in [4.78, 5) is 2.46. The van der Waals surface area contributed by atoms with Crippen molar-refractivity contribution < 1.29 is 0 Å². The Hall–Kier alpha value is -8.98. The minimum absolute atomic E-state index is 1.07. The Bertz CT molecular complexity index is 3820. The van der Waals surface area contributed by atoms with Crippen LogP contribution in [0, 0.1) is 0 Å². The lowest BCUT2D eigenvalue weighted by Gasteiger charge is -2.30. The lowest BCUT2D eigenvalue weighted by Crippen LogP contribution is -2.12. The summed E-state index contributed by atoms with van der Waals surface area (Å²) in [5, 5.41) is 2.49. The van der Waals surface area contributed by atoms with Crippen molar-refractivity contribution >= 4 is 38.9 Å². The molecule has 1 aliphatic carbocycles. The molecule has 0 saturated heterocycles. The maximum absolute atomic E-state index is 2.46. The van der Waals surface area contributed by atoms with Crippen LogP contribution in [0.15, 0.2) is 267 Å². The molecule has 0 amide bonds. The van der Waals surface area contributed by atoms with E-state index >= 15 is 0 Å². The number of hydrogen-bond acceptors (Lipinski definition) is 1. The average Bonchev–Trinajstić information content (AvgIpc) is 3.75. The Balaban J connectivity index is 1.01. The zero-order valence-corrected chi connectivity index (χ0v) is 37.3. The van der Waals surface area contributed by atoms with Gasteiger partial charge in [-0.2, -0.15) is 0 Å². The first-order chi connectivity index (χ1) is 33.7. The maximum Gasteiger partial charge on any atom is 0.0541 e. The van der Waals surface area contributed by atoms with E-state index in [2.05, 4.69) is 276 Å². The number of fused-ring (bicyclic) bond motifs is 11. The molecule has 11 aromatic carbocycles. The quantitative estimate of drug-likeness (QED) is 0.155. The largest absolute Gasteiger partial charge is 0.310 e. The van der Waals surface area contributed by atoms with E-state index in [1.54, 1.807) is 0 Å². The number of anilines is 3. The second-order valence-corrected chi connectivity index (χ2v) is 17.6. The van der Waals surface area contributed by atoms with E-state index in [0.717, 1.165) is 39.4 Å². The van der Waals surface area contributed by atoms with Crippen LogP contribution in [0.5, 0.6) is 0 Å². The van der Waals surface area contributed by atoms with Gasteiger partial charge >= 0.3 is 0 Å². The molecule has 68 heavy (non-hydrogen) atoms. The van der Waals surface area contributed by atoms with Gasteiger partial charge in [0.1, 0.15) is 0 Å². The molecular weight excluding hydrogens is 821 g/mol. The molecule has 0 saturated carbocycles. The van der Waals surface area contributed by atoms with Gasteiger partial charge in [-0.05, 0) is 139 Å². The summed E-state index contributed by atoms with van der Waals surface area (Å²) >= 11 is 0. The number of hydrogen-bond donors (Lipinski definition) is 0. The monoisotopic (exact) mass is 864 g/mol. The van der Waals surface area contributed by atoms with Crippen LogP contribution < -0.4 is 4.90 Å². The number of rotatable bonds is 7. The average molecular weight is 865 g/mol. The molecule has 2 heteroatoms. The Morgan fingerprint density at radius 3 is 1.31 bits per heavy atom. The molecule has 2 nitrogen and oxygen atoms in total. The molecule has 12 aromatic rings. The van der Waals surface area contributed by atoms with Crippen molar-refractivity contribution in [2.75, 3.05) is 4.90 Å². The summed E-state index contributed by atoms with van der Waals surface area (Å²) in [6.07, 6.45) is 0. The highest BCUT2D eigenvalue weighted by molar-refractivity contribution is 6.11. The molecule has 0 unspecified atom stereocenters. The zero-order valence-electron chi connectivity index (χ0n) is 37.3. The zero-order chi connectivity index (χ0) is 45.0. The predicted molar refractivity (Wildman–Crippen MR) is 287 cm³/mol. The molecule has 0 aliphatic heterocycles. The van der Waals surface area contributed by atoms with Gasteiger partial charge in [0.15, 0.2) is 0 Å². The second kappa shape index (κ2) is 16.5. The molecule has 0 radical (unpaired) electrons. The third kappa shape index (κ3) is 6.65. The van der Waals surface area contributed by atoms with Crippen LogP contribution in [-0.4, -0.2) is 4.57 Å². The van der Waals surface area contributed by atoms with Crippen LogP contribution in [0.3, 0.4) is 0 Å². The molecule has 1 aromatic heterocycles. The Labute approximate surface area is 396 Å². The van der Waals surface area contributed by atoms with Crippen molar-refractivity contribution in [3.05, 3.63) is 267 Å². The summed E-state index contributed by atoms with van der Waals surface area (Å²) in [6.45, 7) is 0. The summed E-state index contributed by atoms with van der Waals surface area (Å²) < 4.78 is 2.38. The van der Waals surface area contributed by atoms with Crippen LogP contribution in [0.1, 0.15) is 0 Å². The second-order valence-electron chi connectivity index (χ2n) is 17.6. The first-order valence-electron chi connectivity index (χ1n) is 23.4.